The zero-order chi connectivity index (χ0) is 17.1. The Balaban J connectivity index is 2.56. The molecule has 1 N–H and O–H groups in total. The molecule has 0 saturated carbocycles. The number of anilines is 2. The Bertz CT molecular complexity index is 770. The lowest BCUT2D eigenvalue weighted by Gasteiger charge is -2.21. The van der Waals surface area contributed by atoms with Crippen LogP contribution in [0.2, 0.25) is 0 Å². The summed E-state index contributed by atoms with van der Waals surface area (Å²) in [5.41, 5.74) is -0.926. The fourth-order valence-corrected chi connectivity index (χ4v) is 2.72. The van der Waals surface area contributed by atoms with Crippen molar-refractivity contribution >= 4 is 44.5 Å². The molecular weight excluding hydrogens is 396 g/mol. The van der Waals surface area contributed by atoms with Crippen LogP contribution in [0.4, 0.5) is 20.2 Å². The van der Waals surface area contributed by atoms with E-state index in [0.717, 1.165) is 7.11 Å². The molecule has 2 aromatic rings. The van der Waals surface area contributed by atoms with Crippen molar-refractivity contribution in [1.29, 1.82) is 0 Å². The van der Waals surface area contributed by atoms with Crippen molar-refractivity contribution in [1.82, 2.24) is 0 Å². The van der Waals surface area contributed by atoms with Gasteiger partial charge in [0.2, 0.25) is 0 Å². The molecule has 0 amide bonds. The fraction of sp³-hybridized carbons (Fsp3) is 0.0714. The molecule has 2 rings (SSSR count). The highest BCUT2D eigenvalue weighted by molar-refractivity contribution is 9.10. The van der Waals surface area contributed by atoms with Gasteiger partial charge in [-0.2, -0.15) is 0 Å². The zero-order valence-corrected chi connectivity index (χ0v) is 14.0. The van der Waals surface area contributed by atoms with E-state index in [2.05, 4.69) is 20.7 Å². The first-order valence-electron chi connectivity index (χ1n) is 6.09. The van der Waals surface area contributed by atoms with Gasteiger partial charge >= 0.3 is 5.97 Å². The fourth-order valence-electron chi connectivity index (χ4n) is 1.85. The summed E-state index contributed by atoms with van der Waals surface area (Å²) >= 11 is 0.551. The molecule has 0 aromatic heterocycles. The molecule has 0 radical (unpaired) electrons. The van der Waals surface area contributed by atoms with Gasteiger partial charge in [-0.1, -0.05) is 15.9 Å². The Morgan fingerprint density at radius 2 is 1.83 bits per heavy atom. The summed E-state index contributed by atoms with van der Waals surface area (Å²) in [5, 5.41) is 0. The molecule has 0 spiro atoms. The second kappa shape index (κ2) is 7.16. The van der Waals surface area contributed by atoms with Crippen molar-refractivity contribution in [2.45, 2.75) is 0 Å². The van der Waals surface area contributed by atoms with Gasteiger partial charge in [-0.3, -0.25) is 4.55 Å². The summed E-state index contributed by atoms with van der Waals surface area (Å²) in [6.07, 6.45) is 0. The van der Waals surface area contributed by atoms with E-state index in [0.29, 0.717) is 20.9 Å². The van der Waals surface area contributed by atoms with Gasteiger partial charge < -0.3 is 4.74 Å². The zero-order valence-electron chi connectivity index (χ0n) is 11.6. The minimum Gasteiger partial charge on any atom is -0.465 e. The Hall–Kier alpha value is -1.84. The number of methoxy groups -OCH3 is 1. The highest BCUT2D eigenvalue weighted by atomic mass is 79.9. The Morgan fingerprint density at radius 3 is 2.35 bits per heavy atom. The molecule has 122 valence electrons. The van der Waals surface area contributed by atoms with Crippen LogP contribution in [0.25, 0.3) is 0 Å². The first-order valence-corrected chi connectivity index (χ1v) is 7.95. The van der Waals surface area contributed by atoms with Gasteiger partial charge in [0.05, 0.1) is 24.0 Å². The number of carbonyl (C=O) groups is 1. The lowest BCUT2D eigenvalue weighted by molar-refractivity contribution is 0.0595. The van der Waals surface area contributed by atoms with E-state index < -0.39 is 40.1 Å². The lowest BCUT2D eigenvalue weighted by Crippen LogP contribution is -2.21. The van der Waals surface area contributed by atoms with Gasteiger partial charge in [0.15, 0.2) is 0 Å². The number of nitrogens with zero attached hydrogens (tertiary/aromatic N) is 1. The van der Waals surface area contributed by atoms with E-state index >= 15 is 0 Å². The molecule has 9 heteroatoms. The Kier molecular flexibility index (Phi) is 5.45. The van der Waals surface area contributed by atoms with Crippen molar-refractivity contribution in [3.05, 3.63) is 58.1 Å². The van der Waals surface area contributed by atoms with Gasteiger partial charge in [0, 0.05) is 10.5 Å². The largest absolute Gasteiger partial charge is 0.465 e. The van der Waals surface area contributed by atoms with E-state index in [9.17, 15) is 22.3 Å². The van der Waals surface area contributed by atoms with Crippen molar-refractivity contribution in [2.24, 2.45) is 0 Å². The molecule has 0 heterocycles. The second-order valence-corrected chi connectivity index (χ2v) is 6.02. The minimum absolute atomic E-state index is 0.165. The topological polar surface area (TPSA) is 66.8 Å². The quantitative estimate of drug-likeness (QED) is 0.620. The van der Waals surface area contributed by atoms with Gasteiger partial charge in [-0.05, 0) is 30.3 Å². The van der Waals surface area contributed by atoms with E-state index in [1.165, 1.54) is 12.1 Å². The van der Waals surface area contributed by atoms with E-state index in [1.807, 2.05) is 0 Å². The van der Waals surface area contributed by atoms with Crippen LogP contribution in [0.5, 0.6) is 0 Å². The molecule has 1 unspecified atom stereocenters. The first kappa shape index (κ1) is 17.5. The predicted molar refractivity (Wildman–Crippen MR) is 84.7 cm³/mol. The van der Waals surface area contributed by atoms with E-state index in [-0.39, 0.29) is 5.69 Å². The van der Waals surface area contributed by atoms with E-state index in [4.69, 9.17) is 0 Å². The van der Waals surface area contributed by atoms with Crippen LogP contribution >= 0.6 is 15.9 Å². The number of halogens is 3. The summed E-state index contributed by atoms with van der Waals surface area (Å²) in [4.78, 5) is 11.4. The number of benzene rings is 2. The Labute approximate surface area is 141 Å². The highest BCUT2D eigenvalue weighted by Crippen LogP contribution is 2.32. The predicted octanol–water partition coefficient (Wildman–Crippen LogP) is 3.79. The number of hydrogen-bond acceptors (Lipinski definition) is 3. The van der Waals surface area contributed by atoms with Crippen molar-refractivity contribution in [2.75, 3.05) is 11.4 Å². The van der Waals surface area contributed by atoms with Gasteiger partial charge in [0.25, 0.3) is 11.3 Å². The van der Waals surface area contributed by atoms with Crippen LogP contribution in [-0.2, 0) is 16.0 Å². The summed E-state index contributed by atoms with van der Waals surface area (Å²) in [7, 11) is 1.03. The smallest absolute Gasteiger partial charge is 0.340 e. The number of ether oxygens (including phenoxy) is 1. The molecule has 0 fully saturated rings. The third-order valence-corrected chi connectivity index (χ3v) is 4.13. The van der Waals surface area contributed by atoms with Crippen LogP contribution in [0.1, 0.15) is 10.4 Å². The van der Waals surface area contributed by atoms with E-state index in [1.54, 1.807) is 12.1 Å². The number of esters is 1. The summed E-state index contributed by atoms with van der Waals surface area (Å²) < 4.78 is 55.0. The van der Waals surface area contributed by atoms with Crippen LogP contribution < -0.4 is 4.31 Å². The van der Waals surface area contributed by atoms with Gasteiger partial charge in [-0.15, -0.1) is 0 Å². The minimum atomic E-state index is -2.65. The molecule has 5 nitrogen and oxygen atoms in total. The maximum atomic E-state index is 14.2. The van der Waals surface area contributed by atoms with Crippen molar-refractivity contribution < 1.29 is 27.1 Å². The van der Waals surface area contributed by atoms with Crippen molar-refractivity contribution in [3.63, 3.8) is 0 Å². The maximum absolute atomic E-state index is 14.2. The molecule has 0 aliphatic rings. The van der Waals surface area contributed by atoms with Crippen LogP contribution in [-0.4, -0.2) is 21.8 Å². The molecule has 23 heavy (non-hydrogen) atoms. The maximum Gasteiger partial charge on any atom is 0.340 e. The normalized spacial score (nSPS) is 11.9. The second-order valence-electron chi connectivity index (χ2n) is 4.28. The summed E-state index contributed by atoms with van der Waals surface area (Å²) in [5.74, 6) is -3.16. The third kappa shape index (κ3) is 3.74. The summed E-state index contributed by atoms with van der Waals surface area (Å²) in [6, 6.07) is 7.33. The Morgan fingerprint density at radius 1 is 1.22 bits per heavy atom. The number of carbonyl (C=O) groups excluding carboxylic acids is 1. The molecule has 1 atom stereocenters. The highest BCUT2D eigenvalue weighted by Gasteiger charge is 2.23. The average Bonchev–Trinajstić information content (AvgIpc) is 2.51. The molecule has 2 aromatic carbocycles. The lowest BCUT2D eigenvalue weighted by atomic mass is 10.1. The molecule has 0 bridgehead atoms. The SMILES string of the molecule is COC(=O)c1cc(F)c(N(c2ccc(Br)cc2)S(=O)O)cc1F. The van der Waals surface area contributed by atoms with Gasteiger partial charge in [0.1, 0.15) is 11.6 Å². The van der Waals surface area contributed by atoms with Crippen molar-refractivity contribution in [3.8, 4) is 0 Å². The third-order valence-electron chi connectivity index (χ3n) is 2.88. The number of rotatable bonds is 4. The monoisotopic (exact) mass is 405 g/mol. The number of hydrogen-bond donors (Lipinski definition) is 1. The molecule has 0 aliphatic heterocycles. The summed E-state index contributed by atoms with van der Waals surface area (Å²) in [6.45, 7) is 0. The van der Waals surface area contributed by atoms with Gasteiger partial charge in [-0.25, -0.2) is 22.1 Å². The van der Waals surface area contributed by atoms with Crippen LogP contribution in [0.15, 0.2) is 40.9 Å². The molecule has 0 saturated heterocycles. The van der Waals surface area contributed by atoms with Crippen LogP contribution in [0, 0.1) is 11.6 Å². The van der Waals surface area contributed by atoms with Crippen LogP contribution in [0.3, 0.4) is 0 Å². The molecule has 0 aliphatic carbocycles. The first-order chi connectivity index (χ1) is 10.8. The average molecular weight is 406 g/mol. The standard InChI is InChI=1S/C14H10BrF2NO4S/c1-22-14(19)10-6-12(17)13(7-11(10)16)18(23(20)21)9-4-2-8(15)3-5-9/h2-7H,1H3,(H,20,21). The molecular formula is C14H10BrF2NO4S.